The van der Waals surface area contributed by atoms with Crippen molar-refractivity contribution in [3.63, 3.8) is 0 Å². The van der Waals surface area contributed by atoms with Crippen molar-refractivity contribution in [3.05, 3.63) is 0 Å². The van der Waals surface area contributed by atoms with Crippen molar-refractivity contribution in [2.75, 3.05) is 13.1 Å². The highest BCUT2D eigenvalue weighted by molar-refractivity contribution is 5.25. The molecule has 0 aliphatic heterocycles. The van der Waals surface area contributed by atoms with Gasteiger partial charge in [0.25, 0.3) is 0 Å². The molecule has 0 aromatic carbocycles. The van der Waals surface area contributed by atoms with Crippen LogP contribution >= 0.6 is 0 Å². The van der Waals surface area contributed by atoms with Crippen LogP contribution in [0.3, 0.4) is 0 Å². The molecular formula is C13H24N+. The van der Waals surface area contributed by atoms with Crippen molar-refractivity contribution in [3.8, 4) is 0 Å². The molecule has 0 aromatic rings. The number of hydrogen-bond donors (Lipinski definition) is 1. The van der Waals surface area contributed by atoms with Gasteiger partial charge in [-0.2, -0.15) is 0 Å². The average Bonchev–Trinajstić information content (AvgIpc) is 2.65. The predicted octanol–water partition coefficient (Wildman–Crippen LogP) is 1.35. The Morgan fingerprint density at radius 3 is 2.36 bits per heavy atom. The Kier molecular flexibility index (Phi) is 1.81. The molecule has 14 heavy (non-hydrogen) atoms. The van der Waals surface area contributed by atoms with Crippen molar-refractivity contribution in [1.82, 2.24) is 0 Å². The summed E-state index contributed by atoms with van der Waals surface area (Å²) < 4.78 is 0. The van der Waals surface area contributed by atoms with Crippen LogP contribution in [-0.4, -0.2) is 19.1 Å². The van der Waals surface area contributed by atoms with Crippen LogP contribution in [0.2, 0.25) is 0 Å². The van der Waals surface area contributed by atoms with Crippen molar-refractivity contribution in [2.24, 2.45) is 23.2 Å². The zero-order valence-corrected chi connectivity index (χ0v) is 9.84. The highest BCUT2D eigenvalue weighted by Crippen LogP contribution is 2.79. The fourth-order valence-corrected chi connectivity index (χ4v) is 5.30. The molecule has 4 fully saturated rings. The van der Waals surface area contributed by atoms with E-state index in [-0.39, 0.29) is 0 Å². The normalized spacial score (nSPS) is 53.1. The first-order valence-electron chi connectivity index (χ1n) is 6.63. The first kappa shape index (κ1) is 9.21. The lowest BCUT2D eigenvalue weighted by Crippen LogP contribution is -3.16. The SMILES string of the molecule is CC[NH+](CC)C1C2CC3C1C3(CC)C2. The van der Waals surface area contributed by atoms with Gasteiger partial charge in [-0.3, -0.25) is 0 Å². The highest BCUT2D eigenvalue weighted by Gasteiger charge is 2.80. The molecule has 1 N–H and O–H groups in total. The van der Waals surface area contributed by atoms with Crippen LogP contribution in [0.25, 0.3) is 0 Å². The highest BCUT2D eigenvalue weighted by atomic mass is 15.2. The van der Waals surface area contributed by atoms with Crippen molar-refractivity contribution in [1.29, 1.82) is 0 Å². The summed E-state index contributed by atoms with van der Waals surface area (Å²) in [4.78, 5) is 1.90. The molecule has 1 heteroatoms. The van der Waals surface area contributed by atoms with E-state index < -0.39 is 0 Å². The summed E-state index contributed by atoms with van der Waals surface area (Å²) in [5.74, 6) is 3.42. The second-order valence-corrected chi connectivity index (χ2v) is 5.81. The first-order chi connectivity index (χ1) is 6.78. The Balaban J connectivity index is 1.81. The Morgan fingerprint density at radius 1 is 1.21 bits per heavy atom. The molecule has 0 spiro atoms. The molecule has 4 rings (SSSR count). The van der Waals surface area contributed by atoms with Gasteiger partial charge in [-0.1, -0.05) is 6.92 Å². The van der Waals surface area contributed by atoms with Gasteiger partial charge in [0.15, 0.2) is 0 Å². The van der Waals surface area contributed by atoms with Gasteiger partial charge in [0.05, 0.1) is 19.1 Å². The molecule has 5 unspecified atom stereocenters. The molecule has 5 atom stereocenters. The van der Waals surface area contributed by atoms with Crippen molar-refractivity contribution in [2.45, 2.75) is 46.1 Å². The molecule has 0 aromatic heterocycles. The Bertz CT molecular complexity index is 246. The van der Waals surface area contributed by atoms with E-state index >= 15 is 0 Å². The average molecular weight is 194 g/mol. The molecule has 0 heterocycles. The number of quaternary nitrogens is 1. The lowest BCUT2D eigenvalue weighted by atomic mass is 10.0. The topological polar surface area (TPSA) is 4.44 Å². The molecular weight excluding hydrogens is 170 g/mol. The third-order valence-electron chi connectivity index (χ3n) is 5.86. The summed E-state index contributed by atoms with van der Waals surface area (Å²) in [6.45, 7) is 9.85. The first-order valence-corrected chi connectivity index (χ1v) is 6.63. The quantitative estimate of drug-likeness (QED) is 0.689. The van der Waals surface area contributed by atoms with Gasteiger partial charge in [0.1, 0.15) is 0 Å². The minimum absolute atomic E-state index is 0.866. The van der Waals surface area contributed by atoms with Gasteiger partial charge in [-0.05, 0) is 44.4 Å². The minimum Gasteiger partial charge on any atom is -0.332 e. The van der Waals surface area contributed by atoms with E-state index in [9.17, 15) is 0 Å². The molecule has 0 saturated heterocycles. The fraction of sp³-hybridized carbons (Fsp3) is 1.00. The second kappa shape index (κ2) is 2.75. The summed E-state index contributed by atoms with van der Waals surface area (Å²) in [6.07, 6.45) is 4.65. The molecule has 0 radical (unpaired) electrons. The van der Waals surface area contributed by atoms with Gasteiger partial charge in [0, 0.05) is 11.8 Å². The lowest BCUT2D eigenvalue weighted by molar-refractivity contribution is -0.926. The smallest absolute Gasteiger partial charge is 0.0940 e. The maximum Gasteiger partial charge on any atom is 0.0940 e. The molecule has 4 saturated carbocycles. The van der Waals surface area contributed by atoms with E-state index in [4.69, 9.17) is 0 Å². The summed E-state index contributed by atoms with van der Waals surface area (Å²) in [5.41, 5.74) is 0.866. The van der Waals surface area contributed by atoms with Crippen LogP contribution in [0.4, 0.5) is 0 Å². The third kappa shape index (κ3) is 0.816. The van der Waals surface area contributed by atoms with Crippen LogP contribution in [0, 0.1) is 23.2 Å². The van der Waals surface area contributed by atoms with E-state index in [1.165, 1.54) is 19.5 Å². The van der Waals surface area contributed by atoms with E-state index in [1.807, 2.05) is 4.90 Å². The van der Waals surface area contributed by atoms with E-state index in [0.717, 1.165) is 29.2 Å². The minimum atomic E-state index is 0.866. The monoisotopic (exact) mass is 194 g/mol. The maximum absolute atomic E-state index is 2.43. The fourth-order valence-electron chi connectivity index (χ4n) is 5.30. The Morgan fingerprint density at radius 2 is 1.93 bits per heavy atom. The summed E-state index contributed by atoms with van der Waals surface area (Å²) in [5, 5.41) is 0. The second-order valence-electron chi connectivity index (χ2n) is 5.81. The van der Waals surface area contributed by atoms with Crippen LogP contribution < -0.4 is 4.90 Å². The van der Waals surface area contributed by atoms with E-state index in [0.29, 0.717) is 0 Å². The van der Waals surface area contributed by atoms with Gasteiger partial charge in [-0.25, -0.2) is 0 Å². The summed E-state index contributed by atoms with van der Waals surface area (Å²) in [7, 11) is 0. The molecule has 0 amide bonds. The summed E-state index contributed by atoms with van der Waals surface area (Å²) in [6, 6.07) is 1.06. The predicted molar refractivity (Wildman–Crippen MR) is 58.3 cm³/mol. The van der Waals surface area contributed by atoms with Crippen LogP contribution in [0.5, 0.6) is 0 Å². The molecule has 4 aliphatic carbocycles. The molecule has 80 valence electrons. The zero-order chi connectivity index (χ0) is 9.92. The number of rotatable bonds is 4. The van der Waals surface area contributed by atoms with Gasteiger partial charge >= 0.3 is 0 Å². The van der Waals surface area contributed by atoms with Crippen LogP contribution in [-0.2, 0) is 0 Å². The van der Waals surface area contributed by atoms with Crippen molar-refractivity contribution >= 4 is 0 Å². The number of nitrogens with one attached hydrogen (secondary N) is 1. The van der Waals surface area contributed by atoms with Gasteiger partial charge in [0.2, 0.25) is 0 Å². The zero-order valence-electron chi connectivity index (χ0n) is 9.84. The van der Waals surface area contributed by atoms with E-state index in [1.54, 1.807) is 12.8 Å². The van der Waals surface area contributed by atoms with Gasteiger partial charge < -0.3 is 4.90 Å². The van der Waals surface area contributed by atoms with Gasteiger partial charge in [-0.15, -0.1) is 0 Å². The standard InChI is InChI=1S/C13H23N/c1-4-13-8-9-7-10(13)11(13)12(9)14(5-2)6-3/h9-12H,4-8H2,1-3H3/p+1. The lowest BCUT2D eigenvalue weighted by Gasteiger charge is -2.26. The number of hydrogen-bond acceptors (Lipinski definition) is 0. The Labute approximate surface area is 87.9 Å². The van der Waals surface area contributed by atoms with Crippen molar-refractivity contribution < 1.29 is 4.90 Å². The molecule has 4 aliphatic rings. The summed E-state index contributed by atoms with van der Waals surface area (Å²) >= 11 is 0. The van der Waals surface area contributed by atoms with Crippen LogP contribution in [0.15, 0.2) is 0 Å². The van der Waals surface area contributed by atoms with E-state index in [2.05, 4.69) is 20.8 Å². The molecule has 1 nitrogen and oxygen atoms in total. The Hall–Kier alpha value is -0.0400. The largest absolute Gasteiger partial charge is 0.332 e. The molecule has 4 bridgehead atoms. The maximum atomic E-state index is 2.43. The third-order valence-corrected chi connectivity index (χ3v) is 5.86. The van der Waals surface area contributed by atoms with Crippen LogP contribution in [0.1, 0.15) is 40.0 Å².